The van der Waals surface area contributed by atoms with E-state index in [-0.39, 0.29) is 0 Å². The first-order valence-corrected chi connectivity index (χ1v) is 8.73. The van der Waals surface area contributed by atoms with Crippen LogP contribution in [0.2, 0.25) is 0 Å². The van der Waals surface area contributed by atoms with Gasteiger partial charge in [-0.25, -0.2) is 9.78 Å². The Morgan fingerprint density at radius 3 is 2.48 bits per heavy atom. The van der Waals surface area contributed by atoms with Crippen molar-refractivity contribution in [1.29, 1.82) is 0 Å². The van der Waals surface area contributed by atoms with Gasteiger partial charge in [0, 0.05) is 17.3 Å². The van der Waals surface area contributed by atoms with E-state index in [1.165, 1.54) is 11.3 Å². The lowest BCUT2D eigenvalue weighted by atomic mass is 10.1. The van der Waals surface area contributed by atoms with E-state index in [0.717, 1.165) is 20.6 Å². The highest BCUT2D eigenvalue weighted by Gasteiger charge is 2.17. The molecule has 0 saturated carbocycles. The Balaban J connectivity index is 1.88. The molecule has 0 saturated heterocycles. The van der Waals surface area contributed by atoms with Gasteiger partial charge in [-0.3, -0.25) is 0 Å². The molecule has 0 unspecified atom stereocenters. The molecule has 3 aromatic rings. The van der Waals surface area contributed by atoms with E-state index in [1.807, 2.05) is 54.6 Å². The van der Waals surface area contributed by atoms with Crippen molar-refractivity contribution >= 4 is 33.2 Å². The maximum Gasteiger partial charge on any atom is 0.347 e. The van der Waals surface area contributed by atoms with Gasteiger partial charge in [-0.05, 0) is 23.3 Å². The SMILES string of the molecule is O=C(O)c1sc(Cc2cccc(Br)c2)nc1Cc1ccccc1. The molecule has 0 radical (unpaired) electrons. The number of carboxylic acids is 1. The van der Waals surface area contributed by atoms with E-state index < -0.39 is 5.97 Å². The molecular weight excluding hydrogens is 374 g/mol. The molecule has 3 rings (SSSR count). The van der Waals surface area contributed by atoms with Crippen molar-refractivity contribution in [1.82, 2.24) is 4.98 Å². The molecule has 0 amide bonds. The zero-order valence-corrected chi connectivity index (χ0v) is 14.6. The first-order chi connectivity index (χ1) is 11.1. The summed E-state index contributed by atoms with van der Waals surface area (Å²) in [5.41, 5.74) is 2.81. The highest BCUT2D eigenvalue weighted by Crippen LogP contribution is 2.24. The van der Waals surface area contributed by atoms with Crippen molar-refractivity contribution in [3.8, 4) is 0 Å². The van der Waals surface area contributed by atoms with Gasteiger partial charge in [-0.1, -0.05) is 58.4 Å². The van der Waals surface area contributed by atoms with Crippen LogP contribution in [-0.4, -0.2) is 16.1 Å². The number of nitrogens with zero attached hydrogens (tertiary/aromatic N) is 1. The summed E-state index contributed by atoms with van der Waals surface area (Å²) in [6, 6.07) is 17.8. The molecule has 5 heteroatoms. The van der Waals surface area contributed by atoms with Crippen LogP contribution < -0.4 is 0 Å². The van der Waals surface area contributed by atoms with Gasteiger partial charge in [0.25, 0.3) is 0 Å². The second kappa shape index (κ2) is 7.06. The van der Waals surface area contributed by atoms with Crippen molar-refractivity contribution in [2.24, 2.45) is 0 Å². The third-order valence-corrected chi connectivity index (χ3v) is 4.97. The van der Waals surface area contributed by atoms with Gasteiger partial charge in [0.1, 0.15) is 4.88 Å². The third-order valence-electron chi connectivity index (χ3n) is 3.39. The third kappa shape index (κ3) is 4.06. The van der Waals surface area contributed by atoms with Gasteiger partial charge in [0.05, 0.1) is 10.7 Å². The molecule has 3 nitrogen and oxygen atoms in total. The van der Waals surface area contributed by atoms with E-state index in [2.05, 4.69) is 20.9 Å². The zero-order chi connectivity index (χ0) is 16.2. The van der Waals surface area contributed by atoms with Crippen molar-refractivity contribution < 1.29 is 9.90 Å². The molecular formula is C18H14BrNO2S. The molecule has 1 aromatic heterocycles. The molecule has 0 aliphatic rings. The maximum atomic E-state index is 11.5. The van der Waals surface area contributed by atoms with Crippen LogP contribution in [0.3, 0.4) is 0 Å². The number of aromatic carboxylic acids is 1. The Kier molecular flexibility index (Phi) is 4.88. The van der Waals surface area contributed by atoms with Crippen LogP contribution in [0, 0.1) is 0 Å². The number of benzene rings is 2. The quantitative estimate of drug-likeness (QED) is 0.684. The Hall–Kier alpha value is -1.98. The van der Waals surface area contributed by atoms with Gasteiger partial charge in [0.15, 0.2) is 0 Å². The number of halogens is 1. The molecule has 116 valence electrons. The molecule has 0 aliphatic heterocycles. The topological polar surface area (TPSA) is 50.2 Å². The minimum Gasteiger partial charge on any atom is -0.477 e. The Morgan fingerprint density at radius 1 is 1.04 bits per heavy atom. The Labute approximate surface area is 146 Å². The summed E-state index contributed by atoms with van der Waals surface area (Å²) in [7, 11) is 0. The molecule has 0 fully saturated rings. The predicted octanol–water partition coefficient (Wildman–Crippen LogP) is 4.79. The van der Waals surface area contributed by atoms with Crippen LogP contribution in [0.5, 0.6) is 0 Å². The van der Waals surface area contributed by atoms with Gasteiger partial charge >= 0.3 is 5.97 Å². The predicted molar refractivity (Wildman–Crippen MR) is 95.3 cm³/mol. The fourth-order valence-corrected chi connectivity index (χ4v) is 3.77. The van der Waals surface area contributed by atoms with Crippen molar-refractivity contribution in [2.75, 3.05) is 0 Å². The lowest BCUT2D eigenvalue weighted by Crippen LogP contribution is -1.99. The van der Waals surface area contributed by atoms with Crippen molar-refractivity contribution in [2.45, 2.75) is 12.8 Å². The number of rotatable bonds is 5. The first-order valence-electron chi connectivity index (χ1n) is 7.12. The van der Waals surface area contributed by atoms with Crippen LogP contribution in [-0.2, 0) is 12.8 Å². The van der Waals surface area contributed by atoms with E-state index in [9.17, 15) is 9.90 Å². The number of carbonyl (C=O) groups is 1. The smallest absolute Gasteiger partial charge is 0.347 e. The average Bonchev–Trinajstić information content (AvgIpc) is 2.91. The summed E-state index contributed by atoms with van der Waals surface area (Å²) >= 11 is 4.71. The summed E-state index contributed by atoms with van der Waals surface area (Å²) in [5.74, 6) is -0.908. The number of hydrogen-bond donors (Lipinski definition) is 1. The molecule has 0 bridgehead atoms. The highest BCUT2D eigenvalue weighted by atomic mass is 79.9. The average molecular weight is 388 g/mol. The summed E-state index contributed by atoms with van der Waals surface area (Å²) < 4.78 is 1.01. The minimum atomic E-state index is -0.908. The summed E-state index contributed by atoms with van der Waals surface area (Å²) in [6.07, 6.45) is 1.18. The molecule has 2 aromatic carbocycles. The van der Waals surface area contributed by atoms with E-state index in [0.29, 0.717) is 23.4 Å². The second-order valence-corrected chi connectivity index (χ2v) is 7.16. The largest absolute Gasteiger partial charge is 0.477 e. The lowest BCUT2D eigenvalue weighted by Gasteiger charge is -1.99. The van der Waals surface area contributed by atoms with Gasteiger partial charge in [0.2, 0.25) is 0 Å². The van der Waals surface area contributed by atoms with Crippen LogP contribution >= 0.6 is 27.3 Å². The Bertz CT molecular complexity index is 830. The van der Waals surface area contributed by atoms with Gasteiger partial charge in [-0.15, -0.1) is 11.3 Å². The van der Waals surface area contributed by atoms with Gasteiger partial charge < -0.3 is 5.11 Å². The van der Waals surface area contributed by atoms with Crippen LogP contribution in [0.1, 0.15) is 31.5 Å². The highest BCUT2D eigenvalue weighted by molar-refractivity contribution is 9.10. The summed E-state index contributed by atoms with van der Waals surface area (Å²) in [6.45, 7) is 0. The van der Waals surface area contributed by atoms with E-state index in [1.54, 1.807) is 0 Å². The Morgan fingerprint density at radius 2 is 1.78 bits per heavy atom. The maximum absolute atomic E-state index is 11.5. The number of thiazole rings is 1. The van der Waals surface area contributed by atoms with E-state index >= 15 is 0 Å². The zero-order valence-electron chi connectivity index (χ0n) is 12.2. The summed E-state index contributed by atoms with van der Waals surface area (Å²) in [5, 5.41) is 10.3. The lowest BCUT2D eigenvalue weighted by molar-refractivity contribution is 0.0701. The number of carboxylic acid groups (broad SMARTS) is 1. The number of aromatic nitrogens is 1. The minimum absolute atomic E-state index is 0.332. The molecule has 23 heavy (non-hydrogen) atoms. The van der Waals surface area contributed by atoms with Crippen LogP contribution in [0.4, 0.5) is 0 Å². The van der Waals surface area contributed by atoms with Gasteiger partial charge in [-0.2, -0.15) is 0 Å². The second-order valence-electron chi connectivity index (χ2n) is 5.16. The molecule has 0 spiro atoms. The van der Waals surface area contributed by atoms with E-state index in [4.69, 9.17) is 0 Å². The fourth-order valence-electron chi connectivity index (χ4n) is 2.37. The fraction of sp³-hybridized carbons (Fsp3) is 0.111. The van der Waals surface area contributed by atoms with Crippen molar-refractivity contribution in [3.63, 3.8) is 0 Å². The first kappa shape index (κ1) is 15.9. The van der Waals surface area contributed by atoms with Crippen molar-refractivity contribution in [3.05, 3.63) is 85.8 Å². The van der Waals surface area contributed by atoms with Crippen LogP contribution in [0.15, 0.2) is 59.1 Å². The molecule has 0 atom stereocenters. The number of hydrogen-bond acceptors (Lipinski definition) is 3. The normalized spacial score (nSPS) is 10.7. The monoisotopic (exact) mass is 387 g/mol. The van der Waals surface area contributed by atoms with Crippen LogP contribution in [0.25, 0.3) is 0 Å². The molecule has 1 heterocycles. The molecule has 0 aliphatic carbocycles. The summed E-state index contributed by atoms with van der Waals surface area (Å²) in [4.78, 5) is 16.4. The standard InChI is InChI=1S/C18H14BrNO2S/c19-14-8-4-7-13(9-14)11-16-20-15(17(23-16)18(21)22)10-12-5-2-1-3-6-12/h1-9H,10-11H2,(H,21,22). The molecule has 1 N–H and O–H groups in total.